The number of amides is 4. The van der Waals surface area contributed by atoms with Gasteiger partial charge in [-0.1, -0.05) is 0 Å². The number of hydrogen-bond donors (Lipinski definition) is 2. The van der Waals surface area contributed by atoms with E-state index >= 15 is 0 Å². The van der Waals surface area contributed by atoms with Gasteiger partial charge in [0.25, 0.3) is 5.91 Å². The molecule has 2 aliphatic heterocycles. The molecule has 2 heterocycles. The molecule has 186 valence electrons. The van der Waals surface area contributed by atoms with E-state index < -0.39 is 17.9 Å². The number of urea groups is 1. The Balaban J connectivity index is 1.47. The minimum absolute atomic E-state index is 0.0201. The normalized spacial score (nSPS) is 19.8. The van der Waals surface area contributed by atoms with E-state index in [-0.39, 0.29) is 37.6 Å². The maximum atomic E-state index is 13.3. The van der Waals surface area contributed by atoms with Crippen LogP contribution in [0, 0.1) is 5.82 Å². The van der Waals surface area contributed by atoms with Crippen LogP contribution in [0.1, 0.15) is 23.2 Å². The van der Waals surface area contributed by atoms with Crippen molar-refractivity contribution in [1.82, 2.24) is 15.1 Å². The van der Waals surface area contributed by atoms with Crippen molar-refractivity contribution in [1.29, 1.82) is 0 Å². The molecule has 0 aliphatic carbocycles. The van der Waals surface area contributed by atoms with Crippen molar-refractivity contribution in [3.8, 4) is 5.75 Å². The summed E-state index contributed by atoms with van der Waals surface area (Å²) in [6, 6.07) is 10.8. The van der Waals surface area contributed by atoms with Crippen LogP contribution in [0.3, 0.4) is 0 Å². The number of carbonyl (C=O) groups excluding carboxylic acids is 3. The van der Waals surface area contributed by atoms with Crippen LogP contribution in [0.5, 0.6) is 5.75 Å². The number of hydrogen-bond acceptors (Lipinski definition) is 5. The van der Waals surface area contributed by atoms with Crippen molar-refractivity contribution >= 4 is 23.5 Å². The highest BCUT2D eigenvalue weighted by Gasteiger charge is 2.37. The molecule has 2 aliphatic rings. The molecule has 9 nitrogen and oxygen atoms in total. The van der Waals surface area contributed by atoms with Crippen molar-refractivity contribution in [2.24, 2.45) is 0 Å². The maximum absolute atomic E-state index is 13.3. The van der Waals surface area contributed by atoms with Crippen molar-refractivity contribution in [2.45, 2.75) is 25.0 Å². The number of piperazine rings is 1. The van der Waals surface area contributed by atoms with E-state index in [1.165, 1.54) is 34.1 Å². The van der Waals surface area contributed by atoms with Crippen LogP contribution in [-0.4, -0.2) is 79.7 Å². The number of halogens is 1. The van der Waals surface area contributed by atoms with Gasteiger partial charge in [0.1, 0.15) is 17.6 Å². The summed E-state index contributed by atoms with van der Waals surface area (Å²) in [5, 5.41) is 5.60. The third-order valence-corrected chi connectivity index (χ3v) is 6.19. The average Bonchev–Trinajstić information content (AvgIpc) is 3.41. The lowest BCUT2D eigenvalue weighted by atomic mass is 10.1. The fraction of sp³-hybridized carbons (Fsp3) is 0.400. The number of benzene rings is 2. The highest BCUT2D eigenvalue weighted by atomic mass is 19.1. The summed E-state index contributed by atoms with van der Waals surface area (Å²) in [6.07, 6.45) is 1.76. The van der Waals surface area contributed by atoms with Gasteiger partial charge in [-0.15, -0.1) is 0 Å². The van der Waals surface area contributed by atoms with Gasteiger partial charge in [0.2, 0.25) is 5.91 Å². The smallest absolute Gasteiger partial charge is 0.321 e. The summed E-state index contributed by atoms with van der Waals surface area (Å²) >= 11 is 0. The summed E-state index contributed by atoms with van der Waals surface area (Å²) in [4.78, 5) is 42.3. The van der Waals surface area contributed by atoms with E-state index in [4.69, 9.17) is 9.47 Å². The topological polar surface area (TPSA) is 100 Å². The third-order valence-electron chi connectivity index (χ3n) is 6.19. The molecule has 2 N–H and O–H groups in total. The first-order valence-electron chi connectivity index (χ1n) is 11.6. The van der Waals surface area contributed by atoms with E-state index in [0.29, 0.717) is 30.2 Å². The highest BCUT2D eigenvalue weighted by Crippen LogP contribution is 2.19. The first kappa shape index (κ1) is 24.5. The van der Waals surface area contributed by atoms with E-state index in [0.717, 1.165) is 12.8 Å². The minimum atomic E-state index is -0.876. The zero-order valence-corrected chi connectivity index (χ0v) is 19.5. The number of ether oxygens (including phenoxy) is 2. The second kappa shape index (κ2) is 11.2. The molecular weight excluding hydrogens is 455 g/mol. The van der Waals surface area contributed by atoms with Crippen molar-refractivity contribution < 1.29 is 28.2 Å². The Labute approximate surface area is 203 Å². The second-order valence-corrected chi connectivity index (χ2v) is 8.51. The number of nitrogens with zero attached hydrogens (tertiary/aromatic N) is 2. The third kappa shape index (κ3) is 6.07. The van der Waals surface area contributed by atoms with Gasteiger partial charge in [-0.05, 0) is 61.4 Å². The van der Waals surface area contributed by atoms with Crippen molar-refractivity contribution in [2.75, 3.05) is 45.2 Å². The number of anilines is 1. The molecule has 35 heavy (non-hydrogen) atoms. The molecule has 2 aromatic carbocycles. The van der Waals surface area contributed by atoms with Gasteiger partial charge in [-0.2, -0.15) is 0 Å². The molecule has 2 unspecified atom stereocenters. The average molecular weight is 485 g/mol. The molecule has 2 fully saturated rings. The van der Waals surface area contributed by atoms with Crippen molar-refractivity contribution in [3.05, 3.63) is 59.9 Å². The fourth-order valence-corrected chi connectivity index (χ4v) is 4.21. The number of nitrogens with one attached hydrogen (secondary N) is 2. The summed E-state index contributed by atoms with van der Waals surface area (Å²) in [5.41, 5.74) is 0.861. The van der Waals surface area contributed by atoms with E-state index in [1.54, 1.807) is 31.4 Å². The lowest BCUT2D eigenvalue weighted by Gasteiger charge is -2.40. The first-order chi connectivity index (χ1) is 16.9. The molecule has 2 atom stereocenters. The lowest BCUT2D eigenvalue weighted by molar-refractivity contribution is -0.127. The SMILES string of the molecule is COc1ccc(C(=O)N2CCN(C(=O)Nc3ccc(F)cc3)CC2C(=O)NCC2CCCO2)cc1. The Morgan fingerprint density at radius 2 is 1.83 bits per heavy atom. The van der Waals surface area contributed by atoms with Gasteiger partial charge >= 0.3 is 6.03 Å². The largest absolute Gasteiger partial charge is 0.497 e. The molecule has 0 radical (unpaired) electrons. The van der Waals surface area contributed by atoms with Gasteiger partial charge in [-0.25, -0.2) is 9.18 Å². The maximum Gasteiger partial charge on any atom is 0.321 e. The van der Waals surface area contributed by atoms with Gasteiger partial charge in [0, 0.05) is 37.5 Å². The minimum Gasteiger partial charge on any atom is -0.497 e. The predicted molar refractivity (Wildman–Crippen MR) is 127 cm³/mol. The molecule has 10 heteroatoms. The van der Waals surface area contributed by atoms with Gasteiger partial charge < -0.3 is 29.9 Å². The first-order valence-corrected chi connectivity index (χ1v) is 11.6. The van der Waals surface area contributed by atoms with Crippen molar-refractivity contribution in [3.63, 3.8) is 0 Å². The van der Waals surface area contributed by atoms with Crippen LogP contribution in [0.15, 0.2) is 48.5 Å². The summed E-state index contributed by atoms with van der Waals surface area (Å²) in [5.74, 6) is -0.434. The highest BCUT2D eigenvalue weighted by molar-refractivity contribution is 5.98. The van der Waals surface area contributed by atoms with Crippen LogP contribution in [0.4, 0.5) is 14.9 Å². The zero-order valence-electron chi connectivity index (χ0n) is 19.5. The van der Waals surface area contributed by atoms with Gasteiger partial charge in [0.15, 0.2) is 0 Å². The molecule has 0 spiro atoms. The molecule has 2 saturated heterocycles. The van der Waals surface area contributed by atoms with Crippen LogP contribution in [0.2, 0.25) is 0 Å². The number of methoxy groups -OCH3 is 1. The molecule has 0 bridgehead atoms. The van der Waals surface area contributed by atoms with Crippen LogP contribution >= 0.6 is 0 Å². The van der Waals surface area contributed by atoms with Gasteiger partial charge in [-0.3, -0.25) is 9.59 Å². The number of rotatable bonds is 6. The summed E-state index contributed by atoms with van der Waals surface area (Å²) < 4.78 is 23.9. The summed E-state index contributed by atoms with van der Waals surface area (Å²) in [7, 11) is 1.54. The Morgan fingerprint density at radius 3 is 2.49 bits per heavy atom. The van der Waals surface area contributed by atoms with Crippen LogP contribution in [-0.2, 0) is 9.53 Å². The standard InChI is InChI=1S/C25H29FN4O5/c1-34-20-10-4-17(5-11-20)24(32)30-13-12-29(25(33)28-19-8-6-18(26)7-9-19)16-22(30)23(31)27-15-21-3-2-14-35-21/h4-11,21-22H,2-3,12-16H2,1H3,(H,27,31)(H,28,33). The quantitative estimate of drug-likeness (QED) is 0.656. The van der Waals surface area contributed by atoms with Gasteiger partial charge in [0.05, 0.1) is 19.8 Å². The Bertz CT molecular complexity index is 1040. The van der Waals surface area contributed by atoms with E-state index in [9.17, 15) is 18.8 Å². The van der Waals surface area contributed by atoms with Crippen LogP contribution in [0.25, 0.3) is 0 Å². The van der Waals surface area contributed by atoms with E-state index in [1.807, 2.05) is 0 Å². The Kier molecular flexibility index (Phi) is 7.81. The lowest BCUT2D eigenvalue weighted by Crippen LogP contribution is -2.62. The fourth-order valence-electron chi connectivity index (χ4n) is 4.21. The summed E-state index contributed by atoms with van der Waals surface area (Å²) in [6.45, 7) is 1.46. The monoisotopic (exact) mass is 484 g/mol. The molecule has 0 aromatic heterocycles. The van der Waals surface area contributed by atoms with E-state index in [2.05, 4.69) is 10.6 Å². The molecule has 4 rings (SSSR count). The molecule has 4 amide bonds. The second-order valence-electron chi connectivity index (χ2n) is 8.51. The Hall–Kier alpha value is -3.66. The zero-order chi connectivity index (χ0) is 24.8. The molecular formula is C25H29FN4O5. The van der Waals surface area contributed by atoms with Crippen LogP contribution < -0.4 is 15.4 Å². The molecule has 2 aromatic rings. The number of carbonyl (C=O) groups is 3. The molecule has 0 saturated carbocycles. The predicted octanol–water partition coefficient (Wildman–Crippen LogP) is 2.49. The Morgan fingerprint density at radius 1 is 1.09 bits per heavy atom.